The van der Waals surface area contributed by atoms with Crippen molar-refractivity contribution in [3.8, 4) is 0 Å². The number of carboxylic acid groups (broad SMARTS) is 1. The molecule has 0 aliphatic heterocycles. The molecule has 0 aromatic carbocycles. The van der Waals surface area contributed by atoms with Gasteiger partial charge in [0.25, 0.3) is 0 Å². The van der Waals surface area contributed by atoms with Crippen LogP contribution < -0.4 is 10.6 Å². The van der Waals surface area contributed by atoms with Gasteiger partial charge in [-0.05, 0) is 13.0 Å². The number of carbonyl (C=O) groups excluding carboxylic acids is 1. The number of aromatic carboxylic acids is 1. The topological polar surface area (TPSA) is 94.2 Å². The fourth-order valence-corrected chi connectivity index (χ4v) is 1.34. The van der Waals surface area contributed by atoms with Crippen LogP contribution in [0.15, 0.2) is 6.07 Å². The maximum absolute atomic E-state index is 11.9. The van der Waals surface area contributed by atoms with Crippen molar-refractivity contribution in [3.63, 3.8) is 0 Å². The van der Waals surface area contributed by atoms with E-state index in [1.165, 1.54) is 6.07 Å². The molecular formula is C10H12F3N3O3. The molecule has 2 amide bonds. The highest BCUT2D eigenvalue weighted by atomic mass is 19.4. The van der Waals surface area contributed by atoms with Crippen LogP contribution >= 0.6 is 0 Å². The Bertz CT molecular complexity index is 482. The van der Waals surface area contributed by atoms with Crippen LogP contribution in [0.4, 0.5) is 23.7 Å². The van der Waals surface area contributed by atoms with Crippen LogP contribution in [0.25, 0.3) is 0 Å². The molecule has 0 spiro atoms. The van der Waals surface area contributed by atoms with Gasteiger partial charge in [-0.2, -0.15) is 13.2 Å². The Labute approximate surface area is 106 Å². The molecular weight excluding hydrogens is 267 g/mol. The van der Waals surface area contributed by atoms with Crippen molar-refractivity contribution in [1.29, 1.82) is 0 Å². The quantitative estimate of drug-likeness (QED) is 0.679. The third kappa shape index (κ3) is 4.90. The van der Waals surface area contributed by atoms with Gasteiger partial charge >= 0.3 is 18.2 Å². The number of hydrogen-bond acceptors (Lipinski definition) is 2. The van der Waals surface area contributed by atoms with Crippen molar-refractivity contribution in [2.24, 2.45) is 0 Å². The zero-order valence-corrected chi connectivity index (χ0v) is 9.89. The van der Waals surface area contributed by atoms with E-state index in [1.807, 2.05) is 5.32 Å². The van der Waals surface area contributed by atoms with Crippen LogP contribution in [0.3, 0.4) is 0 Å². The van der Waals surface area contributed by atoms with Crippen LogP contribution in [0, 0.1) is 6.92 Å². The highest BCUT2D eigenvalue weighted by Crippen LogP contribution is 2.19. The Morgan fingerprint density at radius 1 is 1.42 bits per heavy atom. The number of halogens is 3. The van der Waals surface area contributed by atoms with E-state index < -0.39 is 31.1 Å². The van der Waals surface area contributed by atoms with Crippen molar-refractivity contribution in [2.75, 3.05) is 11.9 Å². The predicted molar refractivity (Wildman–Crippen MR) is 60.2 cm³/mol. The molecule has 4 N–H and O–H groups in total. The van der Waals surface area contributed by atoms with E-state index in [0.717, 1.165) is 0 Å². The highest BCUT2D eigenvalue weighted by molar-refractivity contribution is 5.99. The number of aryl methyl sites for hydroxylation is 1. The summed E-state index contributed by atoms with van der Waals surface area (Å²) in [4.78, 5) is 24.6. The highest BCUT2D eigenvalue weighted by Gasteiger charge is 2.26. The first-order valence-electron chi connectivity index (χ1n) is 5.23. The molecule has 0 radical (unpaired) electrons. The molecule has 1 heterocycles. The van der Waals surface area contributed by atoms with E-state index in [4.69, 9.17) is 5.11 Å². The third-order valence-electron chi connectivity index (χ3n) is 2.11. The summed E-state index contributed by atoms with van der Waals surface area (Å²) in [5.74, 6) is -1.28. The molecule has 6 nitrogen and oxygen atoms in total. The molecule has 9 heteroatoms. The first kappa shape index (κ1) is 14.9. The van der Waals surface area contributed by atoms with Crippen LogP contribution in [-0.4, -0.2) is 34.8 Å². The van der Waals surface area contributed by atoms with E-state index in [0.29, 0.717) is 5.69 Å². The average Bonchev–Trinajstić information content (AvgIpc) is 2.57. The summed E-state index contributed by atoms with van der Waals surface area (Å²) in [6.07, 6.45) is -5.51. The largest absolute Gasteiger partial charge is 0.477 e. The van der Waals surface area contributed by atoms with Crippen LogP contribution in [0.5, 0.6) is 0 Å². The van der Waals surface area contributed by atoms with Crippen molar-refractivity contribution in [1.82, 2.24) is 10.3 Å². The third-order valence-corrected chi connectivity index (χ3v) is 2.11. The number of H-pyrrole nitrogens is 1. The van der Waals surface area contributed by atoms with Crippen LogP contribution in [0.2, 0.25) is 0 Å². The molecule has 106 valence electrons. The second kappa shape index (κ2) is 5.63. The van der Waals surface area contributed by atoms with Crippen LogP contribution in [0.1, 0.15) is 22.6 Å². The minimum atomic E-state index is -4.36. The second-order valence-electron chi connectivity index (χ2n) is 3.79. The summed E-state index contributed by atoms with van der Waals surface area (Å²) >= 11 is 0. The standard InChI is InChI=1S/C10H12F3N3O3/c1-5-4-6(7(15-5)8(17)18)16-9(19)14-3-2-10(11,12)13/h4,15H,2-3H2,1H3,(H,17,18)(H2,14,16,19). The minimum Gasteiger partial charge on any atom is -0.477 e. The van der Waals surface area contributed by atoms with Gasteiger partial charge in [-0.15, -0.1) is 0 Å². The van der Waals surface area contributed by atoms with E-state index in [2.05, 4.69) is 10.3 Å². The van der Waals surface area contributed by atoms with Gasteiger partial charge in [-0.25, -0.2) is 9.59 Å². The molecule has 19 heavy (non-hydrogen) atoms. The number of aromatic nitrogens is 1. The predicted octanol–water partition coefficient (Wildman–Crippen LogP) is 2.10. The monoisotopic (exact) mass is 279 g/mol. The number of carbonyl (C=O) groups is 2. The smallest absolute Gasteiger partial charge is 0.390 e. The SMILES string of the molecule is Cc1cc(NC(=O)NCCC(F)(F)F)c(C(=O)O)[nH]1. The normalized spacial score (nSPS) is 11.2. The lowest BCUT2D eigenvalue weighted by molar-refractivity contribution is -0.132. The molecule has 1 aromatic heterocycles. The van der Waals surface area contributed by atoms with Gasteiger partial charge in [-0.1, -0.05) is 0 Å². The first-order valence-corrected chi connectivity index (χ1v) is 5.23. The van der Waals surface area contributed by atoms with Gasteiger partial charge in [0.15, 0.2) is 0 Å². The Morgan fingerprint density at radius 2 is 2.05 bits per heavy atom. The molecule has 0 saturated carbocycles. The number of hydrogen-bond donors (Lipinski definition) is 4. The van der Waals surface area contributed by atoms with Crippen molar-refractivity contribution in [2.45, 2.75) is 19.5 Å². The molecule has 0 bridgehead atoms. The number of urea groups is 1. The lowest BCUT2D eigenvalue weighted by Gasteiger charge is -2.08. The molecule has 0 unspecified atom stereocenters. The van der Waals surface area contributed by atoms with Gasteiger partial charge in [0, 0.05) is 12.2 Å². The summed E-state index contributed by atoms with van der Waals surface area (Å²) in [7, 11) is 0. The number of alkyl halides is 3. The molecule has 1 rings (SSSR count). The second-order valence-corrected chi connectivity index (χ2v) is 3.79. The van der Waals surface area contributed by atoms with Crippen molar-refractivity contribution in [3.05, 3.63) is 17.5 Å². The van der Waals surface area contributed by atoms with Gasteiger partial charge in [0.2, 0.25) is 0 Å². The first-order chi connectivity index (χ1) is 8.69. The van der Waals surface area contributed by atoms with Crippen molar-refractivity contribution < 1.29 is 27.9 Å². The summed E-state index contributed by atoms with van der Waals surface area (Å²) < 4.78 is 35.6. The van der Waals surface area contributed by atoms with E-state index in [-0.39, 0.29) is 11.4 Å². The lowest BCUT2D eigenvalue weighted by atomic mass is 10.3. The summed E-state index contributed by atoms with van der Waals surface area (Å²) in [5.41, 5.74) is 0.265. The molecule has 0 atom stereocenters. The summed E-state index contributed by atoms with van der Waals surface area (Å²) in [5, 5.41) is 13.0. The van der Waals surface area contributed by atoms with Gasteiger partial charge < -0.3 is 20.7 Å². The number of carboxylic acids is 1. The zero-order valence-electron chi connectivity index (χ0n) is 9.89. The summed E-state index contributed by atoms with van der Waals surface area (Å²) in [6, 6.07) is 0.470. The molecule has 0 fully saturated rings. The lowest BCUT2D eigenvalue weighted by Crippen LogP contribution is -2.32. The van der Waals surface area contributed by atoms with Gasteiger partial charge in [0.1, 0.15) is 5.69 Å². The number of anilines is 1. The molecule has 0 aliphatic rings. The Hall–Kier alpha value is -2.19. The van der Waals surface area contributed by atoms with E-state index >= 15 is 0 Å². The summed E-state index contributed by atoms with van der Waals surface area (Å²) in [6.45, 7) is 1.00. The maximum Gasteiger partial charge on any atom is 0.390 e. The molecule has 1 aromatic rings. The zero-order chi connectivity index (χ0) is 14.6. The average molecular weight is 279 g/mol. The molecule has 0 aliphatic carbocycles. The van der Waals surface area contributed by atoms with Crippen LogP contribution in [-0.2, 0) is 0 Å². The molecule has 0 saturated heterocycles. The number of nitrogens with one attached hydrogen (secondary N) is 3. The number of aromatic amines is 1. The Morgan fingerprint density at radius 3 is 2.58 bits per heavy atom. The Balaban J connectivity index is 2.55. The van der Waals surface area contributed by atoms with Gasteiger partial charge in [-0.3, -0.25) is 0 Å². The van der Waals surface area contributed by atoms with Crippen molar-refractivity contribution >= 4 is 17.7 Å². The number of amides is 2. The Kier molecular flexibility index (Phi) is 4.41. The van der Waals surface area contributed by atoms with E-state index in [1.54, 1.807) is 6.92 Å². The number of rotatable bonds is 4. The van der Waals surface area contributed by atoms with E-state index in [9.17, 15) is 22.8 Å². The maximum atomic E-state index is 11.9. The minimum absolute atomic E-state index is 0.00508. The fourth-order valence-electron chi connectivity index (χ4n) is 1.34. The van der Waals surface area contributed by atoms with Gasteiger partial charge in [0.05, 0.1) is 12.1 Å². The fraction of sp³-hybridized carbons (Fsp3) is 0.400.